The summed E-state index contributed by atoms with van der Waals surface area (Å²) in [6.07, 6.45) is -0.596. The summed E-state index contributed by atoms with van der Waals surface area (Å²) in [5, 5.41) is 2.60. The Hall–Kier alpha value is -2.89. The molecule has 0 radical (unpaired) electrons. The molecule has 1 N–H and O–H groups in total. The number of halogens is 1. The van der Waals surface area contributed by atoms with Gasteiger partial charge in [-0.1, -0.05) is 24.3 Å². The fraction of sp³-hybridized carbons (Fsp3) is 0.300. The molecule has 5 nitrogen and oxygen atoms in total. The van der Waals surface area contributed by atoms with Crippen LogP contribution in [0.5, 0.6) is 0 Å². The largest absolute Gasteiger partial charge is 0.444 e. The van der Waals surface area contributed by atoms with Gasteiger partial charge in [0, 0.05) is 30.4 Å². The first-order valence-electron chi connectivity index (χ1n) is 8.24. The SMILES string of the molecule is CN(Cc1ccccc1F)C(=O)c1cccc(NC(=O)OC(C)(C)C)c1. The Morgan fingerprint density at radius 3 is 2.46 bits per heavy atom. The first-order chi connectivity index (χ1) is 12.2. The van der Waals surface area contributed by atoms with E-state index in [0.717, 1.165) is 0 Å². The van der Waals surface area contributed by atoms with Gasteiger partial charge in [-0.25, -0.2) is 9.18 Å². The van der Waals surface area contributed by atoms with Crippen molar-refractivity contribution in [3.8, 4) is 0 Å². The summed E-state index contributed by atoms with van der Waals surface area (Å²) in [6.45, 7) is 5.45. The van der Waals surface area contributed by atoms with E-state index in [1.54, 1.807) is 70.3 Å². The number of carbonyl (C=O) groups excluding carboxylic acids is 2. The maximum atomic E-state index is 13.8. The lowest BCUT2D eigenvalue weighted by Crippen LogP contribution is -2.28. The van der Waals surface area contributed by atoms with Gasteiger partial charge >= 0.3 is 6.09 Å². The quantitative estimate of drug-likeness (QED) is 0.879. The van der Waals surface area contributed by atoms with Gasteiger partial charge in [0.25, 0.3) is 5.91 Å². The van der Waals surface area contributed by atoms with Crippen LogP contribution < -0.4 is 5.32 Å². The van der Waals surface area contributed by atoms with E-state index in [1.165, 1.54) is 11.0 Å². The average Bonchev–Trinajstić information content (AvgIpc) is 2.54. The molecule has 0 saturated heterocycles. The van der Waals surface area contributed by atoms with E-state index in [-0.39, 0.29) is 18.3 Å². The van der Waals surface area contributed by atoms with Crippen molar-refractivity contribution in [2.75, 3.05) is 12.4 Å². The van der Waals surface area contributed by atoms with Crippen molar-refractivity contribution in [2.45, 2.75) is 32.9 Å². The van der Waals surface area contributed by atoms with Crippen LogP contribution in [0.25, 0.3) is 0 Å². The van der Waals surface area contributed by atoms with E-state index in [9.17, 15) is 14.0 Å². The van der Waals surface area contributed by atoms with Gasteiger partial charge in [0.2, 0.25) is 0 Å². The van der Waals surface area contributed by atoms with Crippen LogP contribution >= 0.6 is 0 Å². The molecule has 0 fully saturated rings. The number of benzene rings is 2. The number of amides is 2. The van der Waals surface area contributed by atoms with E-state index < -0.39 is 11.7 Å². The summed E-state index contributed by atoms with van der Waals surface area (Å²) in [6, 6.07) is 12.9. The maximum absolute atomic E-state index is 13.8. The van der Waals surface area contributed by atoms with Crippen molar-refractivity contribution in [1.82, 2.24) is 4.90 Å². The molecule has 0 aromatic heterocycles. The second kappa shape index (κ2) is 7.99. The summed E-state index contributed by atoms with van der Waals surface area (Å²) in [5.74, 6) is -0.631. The Bertz CT molecular complexity index is 800. The summed E-state index contributed by atoms with van der Waals surface area (Å²) >= 11 is 0. The number of rotatable bonds is 4. The number of carbonyl (C=O) groups is 2. The summed E-state index contributed by atoms with van der Waals surface area (Å²) in [7, 11) is 1.60. The fourth-order valence-corrected chi connectivity index (χ4v) is 2.33. The summed E-state index contributed by atoms with van der Waals surface area (Å²) in [5.41, 5.74) is 0.658. The minimum absolute atomic E-state index is 0.148. The zero-order chi connectivity index (χ0) is 19.3. The highest BCUT2D eigenvalue weighted by molar-refractivity contribution is 5.96. The first kappa shape index (κ1) is 19.4. The molecule has 0 heterocycles. The van der Waals surface area contributed by atoms with Gasteiger partial charge in [-0.2, -0.15) is 0 Å². The molecule has 6 heteroatoms. The third-order valence-electron chi connectivity index (χ3n) is 3.47. The second-order valence-electron chi connectivity index (χ2n) is 6.96. The van der Waals surface area contributed by atoms with Crippen molar-refractivity contribution in [3.63, 3.8) is 0 Å². The summed E-state index contributed by atoms with van der Waals surface area (Å²) < 4.78 is 19.0. The summed E-state index contributed by atoms with van der Waals surface area (Å²) in [4.78, 5) is 25.9. The standard InChI is InChI=1S/C20H23FN2O3/c1-20(2,3)26-19(25)22-16-10-7-9-14(12-16)18(24)23(4)13-15-8-5-6-11-17(15)21/h5-12H,13H2,1-4H3,(H,22,25). The predicted molar refractivity (Wildman–Crippen MR) is 98.5 cm³/mol. The van der Waals surface area contributed by atoms with Crippen LogP contribution in [0.4, 0.5) is 14.9 Å². The van der Waals surface area contributed by atoms with Crippen molar-refractivity contribution in [1.29, 1.82) is 0 Å². The van der Waals surface area contributed by atoms with E-state index in [1.807, 2.05) is 0 Å². The van der Waals surface area contributed by atoms with E-state index in [4.69, 9.17) is 4.74 Å². The predicted octanol–water partition coefficient (Wildman–Crippen LogP) is 4.44. The third kappa shape index (κ3) is 5.58. The topological polar surface area (TPSA) is 58.6 Å². The number of anilines is 1. The number of hydrogen-bond donors (Lipinski definition) is 1. The lowest BCUT2D eigenvalue weighted by molar-refractivity contribution is 0.0635. The molecule has 0 unspecified atom stereocenters. The van der Waals surface area contributed by atoms with Crippen LogP contribution in [0.3, 0.4) is 0 Å². The highest BCUT2D eigenvalue weighted by Crippen LogP contribution is 2.16. The smallest absolute Gasteiger partial charge is 0.412 e. The minimum atomic E-state index is -0.614. The normalized spacial score (nSPS) is 11.0. The molecule has 0 saturated carbocycles. The van der Waals surface area contributed by atoms with Crippen LogP contribution in [0.15, 0.2) is 48.5 Å². The number of ether oxygens (including phenoxy) is 1. The van der Waals surface area contributed by atoms with Crippen molar-refractivity contribution < 1.29 is 18.7 Å². The Balaban J connectivity index is 2.07. The molecular weight excluding hydrogens is 335 g/mol. The molecule has 138 valence electrons. The van der Waals surface area contributed by atoms with Gasteiger partial charge in [-0.15, -0.1) is 0 Å². The highest BCUT2D eigenvalue weighted by Gasteiger charge is 2.18. The lowest BCUT2D eigenvalue weighted by Gasteiger charge is -2.20. The van der Waals surface area contributed by atoms with Gasteiger partial charge in [-0.3, -0.25) is 10.1 Å². The number of nitrogens with one attached hydrogen (secondary N) is 1. The third-order valence-corrected chi connectivity index (χ3v) is 3.47. The van der Waals surface area contributed by atoms with Crippen LogP contribution in [-0.4, -0.2) is 29.5 Å². The minimum Gasteiger partial charge on any atom is -0.444 e. The first-order valence-corrected chi connectivity index (χ1v) is 8.24. The second-order valence-corrected chi connectivity index (χ2v) is 6.96. The molecule has 2 amide bonds. The van der Waals surface area contributed by atoms with Gasteiger partial charge in [-0.05, 0) is 45.0 Å². The average molecular weight is 358 g/mol. The zero-order valence-corrected chi connectivity index (χ0v) is 15.4. The van der Waals surface area contributed by atoms with Crippen LogP contribution in [-0.2, 0) is 11.3 Å². The lowest BCUT2D eigenvalue weighted by atomic mass is 10.1. The molecule has 26 heavy (non-hydrogen) atoms. The molecule has 2 aromatic rings. The molecule has 2 aromatic carbocycles. The maximum Gasteiger partial charge on any atom is 0.412 e. The van der Waals surface area contributed by atoms with E-state index in [0.29, 0.717) is 16.8 Å². The molecule has 0 atom stereocenters. The highest BCUT2D eigenvalue weighted by atomic mass is 19.1. The van der Waals surface area contributed by atoms with Gasteiger partial charge in [0.05, 0.1) is 0 Å². The Labute approximate surface area is 152 Å². The van der Waals surface area contributed by atoms with E-state index in [2.05, 4.69) is 5.32 Å². The van der Waals surface area contributed by atoms with Gasteiger partial charge in [0.15, 0.2) is 0 Å². The molecule has 0 aliphatic heterocycles. The fourth-order valence-electron chi connectivity index (χ4n) is 2.33. The Kier molecular flexibility index (Phi) is 5.97. The Morgan fingerprint density at radius 1 is 1.12 bits per heavy atom. The molecule has 0 bridgehead atoms. The van der Waals surface area contributed by atoms with Crippen LogP contribution in [0.2, 0.25) is 0 Å². The molecule has 2 rings (SSSR count). The van der Waals surface area contributed by atoms with Crippen LogP contribution in [0.1, 0.15) is 36.7 Å². The molecule has 0 aliphatic carbocycles. The van der Waals surface area contributed by atoms with Gasteiger partial charge < -0.3 is 9.64 Å². The molecule has 0 aliphatic rings. The van der Waals surface area contributed by atoms with Crippen molar-refractivity contribution in [2.24, 2.45) is 0 Å². The van der Waals surface area contributed by atoms with Crippen molar-refractivity contribution >= 4 is 17.7 Å². The monoisotopic (exact) mass is 358 g/mol. The molecule has 0 spiro atoms. The van der Waals surface area contributed by atoms with E-state index >= 15 is 0 Å². The van der Waals surface area contributed by atoms with Crippen LogP contribution in [0, 0.1) is 5.82 Å². The number of nitrogens with zero attached hydrogens (tertiary/aromatic N) is 1. The zero-order valence-electron chi connectivity index (χ0n) is 15.4. The van der Waals surface area contributed by atoms with Gasteiger partial charge in [0.1, 0.15) is 11.4 Å². The molecular formula is C20H23FN2O3. The number of hydrogen-bond acceptors (Lipinski definition) is 3. The Morgan fingerprint density at radius 2 is 1.81 bits per heavy atom. The van der Waals surface area contributed by atoms with Crippen molar-refractivity contribution in [3.05, 3.63) is 65.5 Å².